The van der Waals surface area contributed by atoms with Crippen molar-refractivity contribution in [3.05, 3.63) is 12.2 Å². The van der Waals surface area contributed by atoms with Gasteiger partial charge in [-0.25, -0.2) is 0 Å². The van der Waals surface area contributed by atoms with Crippen LogP contribution in [0.25, 0.3) is 0 Å². The largest absolute Gasteiger partial charge is 0.311 e. The predicted molar refractivity (Wildman–Crippen MR) is 49.7 cm³/mol. The van der Waals surface area contributed by atoms with Gasteiger partial charge in [-0.2, -0.15) is 0 Å². The highest BCUT2D eigenvalue weighted by molar-refractivity contribution is 4.97. The van der Waals surface area contributed by atoms with E-state index in [-0.39, 0.29) is 0 Å². The number of rotatable bonds is 4. The molecule has 1 nitrogen and oxygen atoms in total. The third-order valence-electron chi connectivity index (χ3n) is 2.19. The van der Waals surface area contributed by atoms with Crippen LogP contribution in [0, 0.1) is 0 Å². The molecule has 0 amide bonds. The van der Waals surface area contributed by atoms with Crippen molar-refractivity contribution in [2.75, 3.05) is 6.54 Å². The predicted octanol–water partition coefficient (Wildman–Crippen LogP) is 2.48. The fourth-order valence-corrected chi connectivity index (χ4v) is 1.45. The molecule has 1 atom stereocenters. The summed E-state index contributed by atoms with van der Waals surface area (Å²) in [6, 6.07) is 0.676. The van der Waals surface area contributed by atoms with Gasteiger partial charge in [-0.15, -0.1) is 0 Å². The van der Waals surface area contributed by atoms with Gasteiger partial charge in [0, 0.05) is 6.04 Å². The maximum atomic E-state index is 3.54. The molecule has 0 aromatic heterocycles. The van der Waals surface area contributed by atoms with Crippen LogP contribution in [0.15, 0.2) is 12.2 Å². The lowest BCUT2D eigenvalue weighted by Gasteiger charge is -2.17. The zero-order chi connectivity index (χ0) is 7.94. The molecule has 1 aliphatic rings. The Morgan fingerprint density at radius 3 is 3.09 bits per heavy atom. The average Bonchev–Trinajstić information content (AvgIpc) is 2.07. The van der Waals surface area contributed by atoms with Crippen molar-refractivity contribution in [1.82, 2.24) is 5.32 Å². The molecule has 0 aromatic carbocycles. The highest BCUT2D eigenvalue weighted by Crippen LogP contribution is 2.09. The summed E-state index contributed by atoms with van der Waals surface area (Å²) in [5.41, 5.74) is 0. The molecule has 1 heteroatoms. The van der Waals surface area contributed by atoms with Gasteiger partial charge >= 0.3 is 0 Å². The van der Waals surface area contributed by atoms with Crippen LogP contribution in [0.4, 0.5) is 0 Å². The molecule has 1 rings (SSSR count). The fourth-order valence-electron chi connectivity index (χ4n) is 1.45. The molecular formula is C10H19N. The number of unbranched alkanes of at least 4 members (excludes halogenated alkanes) is 1. The smallest absolute Gasteiger partial charge is 0.0250 e. The minimum atomic E-state index is 0.676. The maximum Gasteiger partial charge on any atom is 0.0250 e. The second-order valence-electron chi connectivity index (χ2n) is 3.27. The minimum absolute atomic E-state index is 0.676. The van der Waals surface area contributed by atoms with E-state index in [1.54, 1.807) is 0 Å². The summed E-state index contributed by atoms with van der Waals surface area (Å²) < 4.78 is 0. The molecule has 11 heavy (non-hydrogen) atoms. The number of nitrogens with one attached hydrogen (secondary N) is 1. The van der Waals surface area contributed by atoms with Gasteiger partial charge in [0.15, 0.2) is 0 Å². The van der Waals surface area contributed by atoms with E-state index in [9.17, 15) is 0 Å². The Labute approximate surface area is 69.9 Å². The first-order valence-corrected chi connectivity index (χ1v) is 4.83. The van der Waals surface area contributed by atoms with E-state index in [0.717, 1.165) is 0 Å². The van der Waals surface area contributed by atoms with Gasteiger partial charge in [-0.3, -0.25) is 0 Å². The lowest BCUT2D eigenvalue weighted by molar-refractivity contribution is 0.513. The van der Waals surface area contributed by atoms with Crippen molar-refractivity contribution in [2.24, 2.45) is 0 Å². The number of hydrogen-bond acceptors (Lipinski definition) is 1. The first-order valence-electron chi connectivity index (χ1n) is 4.83. The molecule has 0 fully saturated rings. The van der Waals surface area contributed by atoms with E-state index in [4.69, 9.17) is 0 Å². The van der Waals surface area contributed by atoms with Crippen LogP contribution < -0.4 is 5.32 Å². The Balaban J connectivity index is 2.05. The number of hydrogen-bond donors (Lipinski definition) is 1. The average molecular weight is 153 g/mol. The topological polar surface area (TPSA) is 12.0 Å². The quantitative estimate of drug-likeness (QED) is 0.483. The van der Waals surface area contributed by atoms with E-state index >= 15 is 0 Å². The summed E-state index contributed by atoms with van der Waals surface area (Å²) in [6.07, 6.45) is 11.2. The van der Waals surface area contributed by atoms with Gasteiger partial charge < -0.3 is 5.32 Å². The molecule has 0 unspecified atom stereocenters. The summed E-state index contributed by atoms with van der Waals surface area (Å²) in [7, 11) is 0. The lowest BCUT2D eigenvalue weighted by Crippen LogP contribution is -2.29. The van der Waals surface area contributed by atoms with Gasteiger partial charge in [0.1, 0.15) is 0 Å². The molecule has 0 aliphatic heterocycles. The second-order valence-corrected chi connectivity index (χ2v) is 3.27. The molecule has 1 N–H and O–H groups in total. The normalized spacial score (nSPS) is 23.9. The van der Waals surface area contributed by atoms with Crippen LogP contribution in [0.1, 0.15) is 39.0 Å². The summed E-state index contributed by atoms with van der Waals surface area (Å²) in [5.74, 6) is 0. The van der Waals surface area contributed by atoms with Crippen molar-refractivity contribution in [3.8, 4) is 0 Å². The Bertz CT molecular complexity index is 118. The van der Waals surface area contributed by atoms with E-state index in [0.29, 0.717) is 6.04 Å². The second kappa shape index (κ2) is 5.36. The molecule has 64 valence electrons. The summed E-state index contributed by atoms with van der Waals surface area (Å²) in [6.45, 7) is 3.42. The lowest BCUT2D eigenvalue weighted by atomic mass is 10.0. The zero-order valence-corrected chi connectivity index (χ0v) is 7.47. The Morgan fingerprint density at radius 2 is 2.45 bits per heavy atom. The van der Waals surface area contributed by atoms with Crippen LogP contribution in [0.2, 0.25) is 0 Å². The van der Waals surface area contributed by atoms with Gasteiger partial charge in [0.05, 0.1) is 0 Å². The minimum Gasteiger partial charge on any atom is -0.311 e. The summed E-state index contributed by atoms with van der Waals surface area (Å²) >= 11 is 0. The molecule has 0 bridgehead atoms. The van der Waals surface area contributed by atoms with Gasteiger partial charge in [-0.05, 0) is 32.2 Å². The van der Waals surface area contributed by atoms with Crippen molar-refractivity contribution in [2.45, 2.75) is 45.1 Å². The highest BCUT2D eigenvalue weighted by atomic mass is 14.9. The Hall–Kier alpha value is -0.300. The zero-order valence-electron chi connectivity index (χ0n) is 7.47. The van der Waals surface area contributed by atoms with E-state index in [1.807, 2.05) is 0 Å². The maximum absolute atomic E-state index is 3.54. The third-order valence-corrected chi connectivity index (χ3v) is 2.19. The fraction of sp³-hybridized carbons (Fsp3) is 0.800. The van der Waals surface area contributed by atoms with Gasteiger partial charge in [-0.1, -0.05) is 25.5 Å². The molecule has 0 aromatic rings. The highest BCUT2D eigenvalue weighted by Gasteiger charge is 2.05. The van der Waals surface area contributed by atoms with Crippen molar-refractivity contribution < 1.29 is 0 Å². The van der Waals surface area contributed by atoms with E-state index in [2.05, 4.69) is 24.4 Å². The van der Waals surface area contributed by atoms with E-state index in [1.165, 1.54) is 38.6 Å². The molecule has 0 radical (unpaired) electrons. The summed E-state index contributed by atoms with van der Waals surface area (Å²) in [4.78, 5) is 0. The van der Waals surface area contributed by atoms with E-state index < -0.39 is 0 Å². The van der Waals surface area contributed by atoms with Crippen molar-refractivity contribution >= 4 is 0 Å². The molecule has 0 saturated heterocycles. The van der Waals surface area contributed by atoms with Crippen LogP contribution >= 0.6 is 0 Å². The summed E-state index contributed by atoms with van der Waals surface area (Å²) in [5, 5.41) is 3.54. The molecular weight excluding hydrogens is 134 g/mol. The van der Waals surface area contributed by atoms with Crippen molar-refractivity contribution in [3.63, 3.8) is 0 Å². The monoisotopic (exact) mass is 153 g/mol. The first kappa shape index (κ1) is 8.79. The van der Waals surface area contributed by atoms with Crippen molar-refractivity contribution in [1.29, 1.82) is 0 Å². The first-order chi connectivity index (χ1) is 5.43. The van der Waals surface area contributed by atoms with Crippen LogP contribution in [0.3, 0.4) is 0 Å². The standard InChI is InChI=1S/C10H19N/c1-2-3-9-11-10-7-5-4-6-8-10/h5,7,10-11H,2-4,6,8-9H2,1H3/t10-/m1/s1. The SMILES string of the molecule is CCCCN[C@@H]1C=CCCC1. The van der Waals surface area contributed by atoms with Gasteiger partial charge in [0.25, 0.3) is 0 Å². The third kappa shape index (κ3) is 3.57. The molecule has 0 heterocycles. The Kier molecular flexibility index (Phi) is 4.29. The molecule has 1 aliphatic carbocycles. The molecule has 0 saturated carbocycles. The van der Waals surface area contributed by atoms with Crippen LogP contribution in [0.5, 0.6) is 0 Å². The molecule has 0 spiro atoms. The van der Waals surface area contributed by atoms with Crippen LogP contribution in [-0.4, -0.2) is 12.6 Å². The van der Waals surface area contributed by atoms with Gasteiger partial charge in [0.2, 0.25) is 0 Å². The Morgan fingerprint density at radius 1 is 1.55 bits per heavy atom. The number of allylic oxidation sites excluding steroid dienone is 1. The van der Waals surface area contributed by atoms with Crippen LogP contribution in [-0.2, 0) is 0 Å².